The summed E-state index contributed by atoms with van der Waals surface area (Å²) in [5, 5.41) is 16.6. The number of carbonyl (C=O) groups is 4. The van der Waals surface area contributed by atoms with Gasteiger partial charge in [-0.3, -0.25) is 29.0 Å². The van der Waals surface area contributed by atoms with Gasteiger partial charge in [-0.05, 0) is 114 Å². The van der Waals surface area contributed by atoms with Crippen molar-refractivity contribution in [3.63, 3.8) is 0 Å². The topological polar surface area (TPSA) is 153 Å². The zero-order valence-electron chi connectivity index (χ0n) is 32.9. The molecule has 3 heterocycles. The van der Waals surface area contributed by atoms with Crippen molar-refractivity contribution >= 4 is 46.2 Å². The highest BCUT2D eigenvalue weighted by atomic mass is 32.2. The summed E-state index contributed by atoms with van der Waals surface area (Å²) in [5.41, 5.74) is 3.56. The van der Waals surface area contributed by atoms with Gasteiger partial charge in [-0.1, -0.05) is 27.2 Å². The van der Waals surface area contributed by atoms with Crippen LogP contribution in [0.4, 0.5) is 0 Å². The standard InChI is InChI=1S/C42H62N4O5S.H2O/c1-41(2,3)24-33-32-17-18-35(48)34(38(32)44-40(33)52-42(4,5)6)27-45-23-21-29(25-45)13-16-31(47)10-8-7-9-22-43-39(51)30-14-11-28(12-15-30)26-46-36(49)19-20-37(46)50;/h17-20,28-30,44,48H,7-16,21-27H2,1-6H3,(H,43,51);1H2/t28?,29-,30?;/m0./s1. The Morgan fingerprint density at radius 1 is 0.906 bits per heavy atom. The number of rotatable bonds is 16. The lowest BCUT2D eigenvalue weighted by atomic mass is 9.81. The molecule has 0 radical (unpaired) electrons. The van der Waals surface area contributed by atoms with Crippen molar-refractivity contribution in [1.82, 2.24) is 20.1 Å². The smallest absolute Gasteiger partial charge is 0.253 e. The monoisotopic (exact) mass is 752 g/mol. The van der Waals surface area contributed by atoms with Crippen molar-refractivity contribution in [2.45, 2.75) is 135 Å². The number of hydrogen-bond acceptors (Lipinski definition) is 7. The van der Waals surface area contributed by atoms with Crippen molar-refractivity contribution in [2.75, 3.05) is 26.2 Å². The summed E-state index contributed by atoms with van der Waals surface area (Å²) in [6.07, 6.45) is 12.8. The fourth-order valence-corrected chi connectivity index (χ4v) is 9.29. The molecule has 10 nitrogen and oxygen atoms in total. The van der Waals surface area contributed by atoms with E-state index in [0.29, 0.717) is 49.9 Å². The lowest BCUT2D eigenvalue weighted by molar-refractivity contribution is -0.138. The molecular formula is C42H64N4O6S. The van der Waals surface area contributed by atoms with E-state index in [1.807, 2.05) is 6.07 Å². The van der Waals surface area contributed by atoms with Gasteiger partial charge in [0.15, 0.2) is 0 Å². The summed E-state index contributed by atoms with van der Waals surface area (Å²) >= 11 is 1.26. The first-order chi connectivity index (χ1) is 24.6. The first-order valence-corrected chi connectivity index (χ1v) is 20.6. The van der Waals surface area contributed by atoms with Crippen molar-refractivity contribution < 1.29 is 29.8 Å². The minimum absolute atomic E-state index is 0. The van der Waals surface area contributed by atoms with Crippen LogP contribution in [0.3, 0.4) is 0 Å². The number of aromatic hydroxyl groups is 1. The number of phenols is 1. The third kappa shape index (κ3) is 12.2. The molecule has 1 saturated heterocycles. The van der Waals surface area contributed by atoms with Gasteiger partial charge >= 0.3 is 0 Å². The van der Waals surface area contributed by atoms with Gasteiger partial charge in [0.2, 0.25) is 10.9 Å². The number of amides is 3. The quantitative estimate of drug-likeness (QED) is 0.0735. The van der Waals surface area contributed by atoms with Gasteiger partial charge in [-0.25, -0.2) is 0 Å². The van der Waals surface area contributed by atoms with Crippen LogP contribution in [-0.2, 0) is 43.9 Å². The number of aromatic amines is 1. The second-order valence-corrected chi connectivity index (χ2v) is 19.9. The fourth-order valence-electron chi connectivity index (χ4n) is 8.11. The maximum Gasteiger partial charge on any atom is 0.253 e. The van der Waals surface area contributed by atoms with E-state index >= 15 is 0 Å². The Morgan fingerprint density at radius 3 is 2.26 bits per heavy atom. The Labute approximate surface area is 320 Å². The summed E-state index contributed by atoms with van der Waals surface area (Å²) in [6, 6.07) is 3.95. The lowest BCUT2D eigenvalue weighted by Crippen LogP contribution is -2.38. The Morgan fingerprint density at radius 2 is 1.60 bits per heavy atom. The van der Waals surface area contributed by atoms with Crippen LogP contribution in [0.5, 0.6) is 5.75 Å². The van der Waals surface area contributed by atoms with Crippen LogP contribution in [0.2, 0.25) is 0 Å². The van der Waals surface area contributed by atoms with E-state index in [0.717, 1.165) is 88.4 Å². The molecule has 3 amide bonds. The number of benzene rings is 1. The molecule has 2 aromatic rings. The van der Waals surface area contributed by atoms with E-state index in [-0.39, 0.29) is 45.2 Å². The number of carbonyl (C=O) groups excluding carboxylic acids is 4. The molecule has 1 saturated carbocycles. The zero-order valence-corrected chi connectivity index (χ0v) is 33.8. The predicted molar refractivity (Wildman–Crippen MR) is 212 cm³/mol. The highest BCUT2D eigenvalue weighted by molar-refractivity contribution is 7.80. The summed E-state index contributed by atoms with van der Waals surface area (Å²) in [4.78, 5) is 56.6. The molecule has 4 N–H and O–H groups in total. The van der Waals surface area contributed by atoms with Gasteiger partial charge in [0.25, 0.3) is 11.8 Å². The Hall–Kier alpha value is -3.15. The number of likely N-dealkylation sites (tertiary alicyclic amines) is 1. The largest absolute Gasteiger partial charge is 0.870 e. The maximum absolute atomic E-state index is 12.7. The highest BCUT2D eigenvalue weighted by Gasteiger charge is 2.33. The molecule has 1 aliphatic carbocycles. The van der Waals surface area contributed by atoms with Crippen LogP contribution in [-0.4, -0.2) is 79.8 Å². The summed E-state index contributed by atoms with van der Waals surface area (Å²) in [7, 11) is 0. The number of phenolic OH excluding ortho intramolecular Hbond substituents is 1. The van der Waals surface area contributed by atoms with E-state index < -0.39 is 0 Å². The Bertz CT molecular complexity index is 1610. The minimum Gasteiger partial charge on any atom is -0.870 e. The average molecular weight is 753 g/mol. The number of imide groups is 1. The molecule has 0 bridgehead atoms. The third-order valence-electron chi connectivity index (χ3n) is 10.9. The Balaban J connectivity index is 0.00000627. The SMILES string of the molecule is CC(C)(C)Cc1c([SH+]C(C)(C)C)[nH]c2c(CN3CC[C@H](CCC(=O)CCCCCNC(=O)C4CCC(CN5C(=O)C=CC5=O)CC4)C3)c(O)ccc12.[OH-]. The third-order valence-corrected chi connectivity index (χ3v) is 12.1. The van der Waals surface area contributed by atoms with Gasteiger partial charge in [-0.15, -0.1) is 0 Å². The number of fused-ring (bicyclic) bond motifs is 1. The normalized spacial score (nSPS) is 21.1. The molecule has 1 aromatic heterocycles. The number of unbranched alkanes of at least 4 members (excludes halogenated alkanes) is 2. The van der Waals surface area contributed by atoms with E-state index in [1.54, 1.807) is 0 Å². The van der Waals surface area contributed by atoms with E-state index in [4.69, 9.17) is 0 Å². The van der Waals surface area contributed by atoms with Gasteiger partial charge in [0.1, 0.15) is 16.3 Å². The first-order valence-electron chi connectivity index (χ1n) is 19.7. The van der Waals surface area contributed by atoms with Gasteiger partial charge < -0.3 is 20.9 Å². The number of nitrogens with one attached hydrogen (secondary N) is 2. The van der Waals surface area contributed by atoms with E-state index in [1.165, 1.54) is 44.8 Å². The number of H-pyrrole nitrogens is 1. The second-order valence-electron chi connectivity index (χ2n) is 17.9. The summed E-state index contributed by atoms with van der Waals surface area (Å²) < 4.78 is 0.121. The van der Waals surface area contributed by atoms with Crippen LogP contribution in [0.1, 0.15) is 123 Å². The van der Waals surface area contributed by atoms with Gasteiger partial charge in [0.05, 0.1) is 5.52 Å². The van der Waals surface area contributed by atoms with E-state index in [9.17, 15) is 24.3 Å². The Kier molecular flexibility index (Phi) is 14.8. The average Bonchev–Trinajstić information content (AvgIpc) is 3.75. The molecule has 2 aliphatic heterocycles. The highest BCUT2D eigenvalue weighted by Crippen LogP contribution is 2.38. The van der Waals surface area contributed by atoms with Crippen molar-refractivity contribution in [3.8, 4) is 5.75 Å². The zero-order chi connectivity index (χ0) is 37.6. The van der Waals surface area contributed by atoms with Crippen LogP contribution < -0.4 is 5.32 Å². The van der Waals surface area contributed by atoms with Crippen molar-refractivity contribution in [1.29, 1.82) is 0 Å². The molecule has 11 heteroatoms. The summed E-state index contributed by atoms with van der Waals surface area (Å²) in [5.74, 6) is 1.07. The number of aromatic nitrogens is 1. The molecule has 3 aliphatic rings. The number of Topliss-reactive ketones (excluding diaryl/α,β-unsaturated/α-hetero) is 1. The maximum atomic E-state index is 12.7. The molecular weight excluding hydrogens is 689 g/mol. The molecule has 2 fully saturated rings. The van der Waals surface area contributed by atoms with Crippen LogP contribution in [0.15, 0.2) is 29.3 Å². The van der Waals surface area contributed by atoms with Crippen molar-refractivity contribution in [2.24, 2.45) is 23.2 Å². The molecule has 0 spiro atoms. The van der Waals surface area contributed by atoms with Gasteiger partial charge in [0, 0.05) is 85.4 Å². The fraction of sp³-hybridized carbons (Fsp3) is 0.667. The van der Waals surface area contributed by atoms with Crippen molar-refractivity contribution in [3.05, 3.63) is 35.4 Å². The first kappa shape index (κ1) is 42.6. The molecule has 0 unspecified atom stereocenters. The lowest BCUT2D eigenvalue weighted by Gasteiger charge is -2.30. The van der Waals surface area contributed by atoms with Gasteiger partial charge in [-0.2, -0.15) is 0 Å². The van der Waals surface area contributed by atoms with E-state index in [2.05, 4.69) is 62.8 Å². The van der Waals surface area contributed by atoms with Crippen LogP contribution >= 0.6 is 0 Å². The second kappa shape index (κ2) is 18.5. The number of hydrogen-bond donors (Lipinski definition) is 3. The van der Waals surface area contributed by atoms with Crippen LogP contribution in [0.25, 0.3) is 10.9 Å². The summed E-state index contributed by atoms with van der Waals surface area (Å²) in [6.45, 7) is 17.3. The molecule has 294 valence electrons. The molecule has 53 heavy (non-hydrogen) atoms. The number of ketones is 1. The number of thiol groups is 1. The minimum atomic E-state index is -0.234. The predicted octanol–water partition coefficient (Wildman–Crippen LogP) is 6.84. The molecule has 1 atom stereocenters. The van der Waals surface area contributed by atoms with Crippen LogP contribution in [0, 0.1) is 23.2 Å². The molecule has 1 aromatic carbocycles. The number of nitrogens with zero attached hydrogens (tertiary/aromatic N) is 2. The molecule has 5 rings (SSSR count).